The van der Waals surface area contributed by atoms with Crippen LogP contribution in [0.5, 0.6) is 11.5 Å². The van der Waals surface area contributed by atoms with Gasteiger partial charge >= 0.3 is 0 Å². The van der Waals surface area contributed by atoms with Gasteiger partial charge in [-0.2, -0.15) is 10.2 Å². The number of nitrogens with one attached hydrogen (secondary N) is 2. The summed E-state index contributed by atoms with van der Waals surface area (Å²) in [6, 6.07) is 24.5. The molecule has 0 aliphatic rings. The van der Waals surface area contributed by atoms with E-state index in [1.165, 1.54) is 64.2 Å². The van der Waals surface area contributed by atoms with Crippen LogP contribution in [0.1, 0.15) is 108 Å². The standard InChI is InChI=1S/C40H54N4O4/c1-3-5-7-9-11-16-28-47-36-24-20-34(21-25-36)31-41-43-39(45)38(30-33-18-14-13-15-19-33)40(46)44-42-32-35-22-26-37(27-23-35)48-29-17-12-10-8-6-4-2/h13-15,18-27,31-32,38H,3-12,16-17,28-30H2,1-2H3,(H,43,45)(H,44,46)/b41-31-,42-32-. The van der Waals surface area contributed by atoms with Crippen LogP contribution in [0.3, 0.4) is 0 Å². The second-order valence-corrected chi connectivity index (χ2v) is 12.1. The number of hydrazone groups is 2. The van der Waals surface area contributed by atoms with Gasteiger partial charge in [0.05, 0.1) is 25.6 Å². The third-order valence-electron chi connectivity index (χ3n) is 7.99. The van der Waals surface area contributed by atoms with E-state index in [-0.39, 0.29) is 6.42 Å². The summed E-state index contributed by atoms with van der Waals surface area (Å²) in [7, 11) is 0. The Kier molecular flexibility index (Phi) is 18.8. The van der Waals surface area contributed by atoms with Crippen LogP contribution in [-0.4, -0.2) is 37.5 Å². The summed E-state index contributed by atoms with van der Waals surface area (Å²) in [5, 5.41) is 8.22. The molecule has 8 heteroatoms. The molecule has 0 aromatic heterocycles. The van der Waals surface area contributed by atoms with Crippen LogP contribution in [0, 0.1) is 5.92 Å². The molecular weight excluding hydrogens is 600 g/mol. The van der Waals surface area contributed by atoms with Gasteiger partial charge in [-0.1, -0.05) is 108 Å². The molecule has 0 aliphatic heterocycles. The zero-order valence-corrected chi connectivity index (χ0v) is 28.9. The molecule has 258 valence electrons. The Bertz CT molecular complexity index is 1270. The van der Waals surface area contributed by atoms with E-state index in [9.17, 15) is 9.59 Å². The molecule has 0 radical (unpaired) electrons. The van der Waals surface area contributed by atoms with Crippen molar-refractivity contribution in [1.82, 2.24) is 10.9 Å². The summed E-state index contributed by atoms with van der Waals surface area (Å²) in [6.45, 7) is 5.84. The van der Waals surface area contributed by atoms with Crippen molar-refractivity contribution >= 4 is 24.2 Å². The molecule has 2 amide bonds. The smallest absolute Gasteiger partial charge is 0.253 e. The van der Waals surface area contributed by atoms with Crippen LogP contribution in [0.15, 0.2) is 89.1 Å². The lowest BCUT2D eigenvalue weighted by molar-refractivity contribution is -0.135. The molecular formula is C40H54N4O4. The fraction of sp³-hybridized carbons (Fsp3) is 0.450. The van der Waals surface area contributed by atoms with Gasteiger partial charge in [0.2, 0.25) is 0 Å². The second kappa shape index (κ2) is 23.8. The van der Waals surface area contributed by atoms with Gasteiger partial charge in [-0.25, -0.2) is 10.9 Å². The average Bonchev–Trinajstić information content (AvgIpc) is 3.11. The molecule has 0 saturated carbocycles. The minimum atomic E-state index is -1.03. The lowest BCUT2D eigenvalue weighted by Crippen LogP contribution is -2.39. The molecule has 0 aliphatic carbocycles. The largest absolute Gasteiger partial charge is 0.494 e. The van der Waals surface area contributed by atoms with Gasteiger partial charge in [0, 0.05) is 0 Å². The van der Waals surface area contributed by atoms with Gasteiger partial charge in [-0.05, 0) is 84.5 Å². The van der Waals surface area contributed by atoms with Crippen LogP contribution in [0.25, 0.3) is 0 Å². The van der Waals surface area contributed by atoms with Crippen LogP contribution >= 0.6 is 0 Å². The Morgan fingerprint density at radius 1 is 0.583 bits per heavy atom. The van der Waals surface area contributed by atoms with Crippen LogP contribution in [0.2, 0.25) is 0 Å². The maximum Gasteiger partial charge on any atom is 0.253 e. The topological polar surface area (TPSA) is 101 Å². The number of hydrogen-bond acceptors (Lipinski definition) is 6. The predicted octanol–water partition coefficient (Wildman–Crippen LogP) is 8.62. The molecule has 0 fully saturated rings. The maximum atomic E-state index is 13.1. The van der Waals surface area contributed by atoms with Crippen molar-refractivity contribution in [3.8, 4) is 11.5 Å². The Morgan fingerprint density at radius 3 is 1.44 bits per heavy atom. The quantitative estimate of drug-likeness (QED) is 0.0437. The SMILES string of the molecule is CCCCCCCCOc1ccc(/C=N\NC(=O)C(Cc2ccccc2)C(=O)N/N=C\c2ccc(OCCCCCCCC)cc2)cc1. The van der Waals surface area contributed by atoms with Gasteiger partial charge in [0.1, 0.15) is 17.4 Å². The number of benzene rings is 3. The van der Waals surface area contributed by atoms with E-state index in [0.29, 0.717) is 13.2 Å². The fourth-order valence-electron chi connectivity index (χ4n) is 5.10. The minimum Gasteiger partial charge on any atom is -0.494 e. The van der Waals surface area contributed by atoms with E-state index >= 15 is 0 Å². The maximum absolute atomic E-state index is 13.1. The second-order valence-electron chi connectivity index (χ2n) is 12.1. The summed E-state index contributed by atoms with van der Waals surface area (Å²) in [5.41, 5.74) is 7.52. The molecule has 8 nitrogen and oxygen atoms in total. The van der Waals surface area contributed by atoms with E-state index < -0.39 is 17.7 Å². The summed E-state index contributed by atoms with van der Waals surface area (Å²) in [6.07, 6.45) is 17.9. The van der Waals surface area contributed by atoms with Gasteiger partial charge in [0.15, 0.2) is 0 Å². The third kappa shape index (κ3) is 15.9. The average molecular weight is 655 g/mol. The summed E-state index contributed by atoms with van der Waals surface area (Å²) in [5.74, 6) is -0.463. The Hall–Kier alpha value is -4.46. The predicted molar refractivity (Wildman–Crippen MR) is 196 cm³/mol. The Morgan fingerprint density at radius 2 is 1.00 bits per heavy atom. The van der Waals surface area contributed by atoms with Crippen molar-refractivity contribution in [1.29, 1.82) is 0 Å². The van der Waals surface area contributed by atoms with E-state index in [1.807, 2.05) is 78.9 Å². The molecule has 48 heavy (non-hydrogen) atoms. The highest BCUT2D eigenvalue weighted by Gasteiger charge is 2.27. The van der Waals surface area contributed by atoms with Crippen molar-refractivity contribution < 1.29 is 19.1 Å². The van der Waals surface area contributed by atoms with Gasteiger partial charge < -0.3 is 9.47 Å². The highest BCUT2D eigenvalue weighted by Crippen LogP contribution is 2.15. The van der Waals surface area contributed by atoms with E-state index in [1.54, 1.807) is 12.4 Å². The molecule has 0 heterocycles. The third-order valence-corrected chi connectivity index (χ3v) is 7.99. The molecule has 3 aromatic rings. The highest BCUT2D eigenvalue weighted by atomic mass is 16.5. The number of unbranched alkanes of at least 4 members (excludes halogenated alkanes) is 10. The first-order valence-electron chi connectivity index (χ1n) is 17.7. The van der Waals surface area contributed by atoms with Crippen LogP contribution in [0.4, 0.5) is 0 Å². The Labute approximate surface area is 287 Å². The van der Waals surface area contributed by atoms with Gasteiger partial charge in [-0.3, -0.25) is 9.59 Å². The molecule has 3 rings (SSSR count). The van der Waals surface area contributed by atoms with Gasteiger partial charge in [0.25, 0.3) is 11.8 Å². The normalized spacial score (nSPS) is 11.3. The number of carbonyl (C=O) groups excluding carboxylic acids is 2. The first-order valence-corrected chi connectivity index (χ1v) is 17.7. The zero-order valence-electron chi connectivity index (χ0n) is 28.9. The number of ether oxygens (including phenoxy) is 2. The van der Waals surface area contributed by atoms with Crippen LogP contribution < -0.4 is 20.3 Å². The zero-order chi connectivity index (χ0) is 34.1. The number of carbonyl (C=O) groups is 2. The minimum absolute atomic E-state index is 0.207. The lowest BCUT2D eigenvalue weighted by atomic mass is 9.98. The first-order chi connectivity index (χ1) is 23.6. The van der Waals surface area contributed by atoms with Crippen molar-refractivity contribution in [3.63, 3.8) is 0 Å². The number of rotatable bonds is 24. The van der Waals surface area contributed by atoms with E-state index in [0.717, 1.165) is 41.0 Å². The van der Waals surface area contributed by atoms with Gasteiger partial charge in [-0.15, -0.1) is 0 Å². The molecule has 0 unspecified atom stereocenters. The lowest BCUT2D eigenvalue weighted by Gasteiger charge is -2.13. The highest BCUT2D eigenvalue weighted by molar-refractivity contribution is 6.01. The van der Waals surface area contributed by atoms with E-state index in [2.05, 4.69) is 34.9 Å². The monoisotopic (exact) mass is 654 g/mol. The van der Waals surface area contributed by atoms with Crippen LogP contribution in [-0.2, 0) is 16.0 Å². The molecule has 0 saturated heterocycles. The fourth-order valence-corrected chi connectivity index (χ4v) is 5.10. The summed E-state index contributed by atoms with van der Waals surface area (Å²) < 4.78 is 11.7. The summed E-state index contributed by atoms with van der Waals surface area (Å²) >= 11 is 0. The molecule has 3 aromatic carbocycles. The number of hydrogen-bond donors (Lipinski definition) is 2. The molecule has 2 N–H and O–H groups in total. The molecule has 0 atom stereocenters. The molecule has 0 bridgehead atoms. The Balaban J connectivity index is 1.47. The first kappa shape index (κ1) is 38.0. The molecule has 0 spiro atoms. The van der Waals surface area contributed by atoms with Crippen molar-refractivity contribution in [2.45, 2.75) is 97.3 Å². The van der Waals surface area contributed by atoms with Crippen molar-refractivity contribution in [2.24, 2.45) is 16.1 Å². The van der Waals surface area contributed by atoms with Crippen molar-refractivity contribution in [2.75, 3.05) is 13.2 Å². The summed E-state index contributed by atoms with van der Waals surface area (Å²) in [4.78, 5) is 26.3. The van der Waals surface area contributed by atoms with Crippen molar-refractivity contribution in [3.05, 3.63) is 95.6 Å². The van der Waals surface area contributed by atoms with E-state index in [4.69, 9.17) is 9.47 Å². The number of amides is 2. The number of nitrogens with zero attached hydrogens (tertiary/aromatic N) is 2.